The zero-order valence-corrected chi connectivity index (χ0v) is 11.3. The Labute approximate surface area is 118 Å². The number of hydrogen-bond donors (Lipinski definition) is 3. The van der Waals surface area contributed by atoms with Gasteiger partial charge in [0.2, 0.25) is 0 Å². The van der Waals surface area contributed by atoms with Crippen molar-refractivity contribution in [3.8, 4) is 0 Å². The summed E-state index contributed by atoms with van der Waals surface area (Å²) >= 11 is 0. The van der Waals surface area contributed by atoms with Crippen molar-refractivity contribution in [1.82, 2.24) is 5.32 Å². The van der Waals surface area contributed by atoms with Gasteiger partial charge in [0.1, 0.15) is 0 Å². The average molecular weight is 270 g/mol. The normalized spacial score (nSPS) is 11.9. The van der Waals surface area contributed by atoms with Gasteiger partial charge in [-0.25, -0.2) is 0 Å². The molecule has 0 aliphatic carbocycles. The maximum Gasteiger partial charge on any atom is 0.251 e. The molecule has 4 nitrogen and oxygen atoms in total. The Morgan fingerprint density at radius 3 is 2.35 bits per heavy atom. The van der Waals surface area contributed by atoms with Crippen molar-refractivity contribution in [2.75, 3.05) is 12.3 Å². The molecule has 104 valence electrons. The van der Waals surface area contributed by atoms with E-state index in [0.29, 0.717) is 11.3 Å². The first kappa shape index (κ1) is 14.1. The smallest absolute Gasteiger partial charge is 0.251 e. The predicted octanol–water partition coefficient (Wildman–Crippen LogP) is 2.04. The quantitative estimate of drug-likeness (QED) is 0.744. The number of nitrogen functional groups attached to an aromatic ring is 1. The van der Waals surface area contributed by atoms with Crippen LogP contribution in [0.25, 0.3) is 0 Å². The lowest BCUT2D eigenvalue weighted by atomic mass is 10.1. The summed E-state index contributed by atoms with van der Waals surface area (Å²) in [5.74, 6) is -0.195. The lowest BCUT2D eigenvalue weighted by Crippen LogP contribution is -2.28. The number of carbonyl (C=O) groups excluding carboxylic acids is 1. The van der Waals surface area contributed by atoms with Crippen LogP contribution in [0.4, 0.5) is 5.69 Å². The SMILES string of the molecule is Cc1ccc(C(=O)NCC(O)c2ccc(N)cc2)cc1. The molecular formula is C16H18N2O2. The molecule has 1 amide bonds. The average Bonchev–Trinajstić information content (AvgIpc) is 2.46. The van der Waals surface area contributed by atoms with Gasteiger partial charge in [-0.05, 0) is 36.8 Å². The minimum atomic E-state index is -0.745. The Kier molecular flexibility index (Phi) is 4.38. The summed E-state index contributed by atoms with van der Waals surface area (Å²) in [6.07, 6.45) is -0.745. The van der Waals surface area contributed by atoms with Crippen molar-refractivity contribution < 1.29 is 9.90 Å². The summed E-state index contributed by atoms with van der Waals surface area (Å²) in [5.41, 5.74) is 8.64. The molecule has 2 rings (SSSR count). The highest BCUT2D eigenvalue weighted by molar-refractivity contribution is 5.94. The van der Waals surface area contributed by atoms with Gasteiger partial charge in [-0.1, -0.05) is 29.8 Å². The second-order valence-electron chi connectivity index (χ2n) is 4.76. The fraction of sp³-hybridized carbons (Fsp3) is 0.188. The van der Waals surface area contributed by atoms with Crippen molar-refractivity contribution in [1.29, 1.82) is 0 Å². The number of anilines is 1. The third-order valence-electron chi connectivity index (χ3n) is 3.09. The largest absolute Gasteiger partial charge is 0.399 e. The van der Waals surface area contributed by atoms with E-state index in [1.807, 2.05) is 19.1 Å². The van der Waals surface area contributed by atoms with Crippen LogP contribution in [0.1, 0.15) is 27.6 Å². The second kappa shape index (κ2) is 6.21. The number of aliphatic hydroxyl groups excluding tert-OH is 1. The number of amides is 1. The van der Waals surface area contributed by atoms with Crippen LogP contribution in [0.15, 0.2) is 48.5 Å². The molecule has 0 aromatic heterocycles. The van der Waals surface area contributed by atoms with Crippen LogP contribution >= 0.6 is 0 Å². The van der Waals surface area contributed by atoms with E-state index < -0.39 is 6.10 Å². The highest BCUT2D eigenvalue weighted by Crippen LogP contribution is 2.14. The molecule has 0 saturated carbocycles. The van der Waals surface area contributed by atoms with Crippen LogP contribution in [0.3, 0.4) is 0 Å². The third-order valence-corrected chi connectivity index (χ3v) is 3.09. The topological polar surface area (TPSA) is 75.3 Å². The van der Waals surface area contributed by atoms with Gasteiger partial charge in [-0.2, -0.15) is 0 Å². The van der Waals surface area contributed by atoms with Crippen LogP contribution in [-0.2, 0) is 0 Å². The second-order valence-corrected chi connectivity index (χ2v) is 4.76. The number of aryl methyl sites for hydroxylation is 1. The number of hydrogen-bond acceptors (Lipinski definition) is 3. The minimum absolute atomic E-state index is 0.163. The predicted molar refractivity (Wildman–Crippen MR) is 79.3 cm³/mol. The van der Waals surface area contributed by atoms with Crippen molar-refractivity contribution in [2.24, 2.45) is 0 Å². The first-order valence-corrected chi connectivity index (χ1v) is 6.44. The van der Waals surface area contributed by atoms with E-state index in [2.05, 4.69) is 5.32 Å². The molecule has 0 heterocycles. The summed E-state index contributed by atoms with van der Waals surface area (Å²) < 4.78 is 0. The third kappa shape index (κ3) is 3.59. The summed E-state index contributed by atoms with van der Waals surface area (Å²) in [7, 11) is 0. The number of aliphatic hydroxyl groups is 1. The van der Waals surface area contributed by atoms with Crippen LogP contribution in [0.2, 0.25) is 0 Å². The van der Waals surface area contributed by atoms with Crippen LogP contribution in [-0.4, -0.2) is 17.6 Å². The van der Waals surface area contributed by atoms with Crippen LogP contribution < -0.4 is 11.1 Å². The summed E-state index contributed by atoms with van der Waals surface area (Å²) in [5, 5.41) is 12.7. The van der Waals surface area contributed by atoms with Gasteiger partial charge in [-0.15, -0.1) is 0 Å². The van der Waals surface area contributed by atoms with E-state index in [0.717, 1.165) is 11.1 Å². The molecule has 0 aliphatic rings. The molecule has 4 heteroatoms. The maximum absolute atomic E-state index is 11.9. The molecule has 0 saturated heterocycles. The summed E-state index contributed by atoms with van der Waals surface area (Å²) in [4.78, 5) is 11.9. The number of nitrogens with two attached hydrogens (primary N) is 1. The molecule has 1 atom stereocenters. The monoisotopic (exact) mass is 270 g/mol. The van der Waals surface area contributed by atoms with Gasteiger partial charge in [0.15, 0.2) is 0 Å². The first-order valence-electron chi connectivity index (χ1n) is 6.44. The number of benzene rings is 2. The standard InChI is InChI=1S/C16H18N2O2/c1-11-2-4-13(5-3-11)16(20)18-10-15(19)12-6-8-14(17)9-7-12/h2-9,15,19H,10,17H2,1H3,(H,18,20). The highest BCUT2D eigenvalue weighted by Gasteiger charge is 2.10. The summed E-state index contributed by atoms with van der Waals surface area (Å²) in [6, 6.07) is 14.2. The Balaban J connectivity index is 1.92. The van der Waals surface area contributed by atoms with E-state index in [9.17, 15) is 9.90 Å². The van der Waals surface area contributed by atoms with E-state index >= 15 is 0 Å². The molecule has 2 aromatic carbocycles. The maximum atomic E-state index is 11.9. The van der Waals surface area contributed by atoms with Crippen LogP contribution in [0, 0.1) is 6.92 Å². The fourth-order valence-corrected chi connectivity index (χ4v) is 1.83. The first-order chi connectivity index (χ1) is 9.56. The molecule has 20 heavy (non-hydrogen) atoms. The summed E-state index contributed by atoms with van der Waals surface area (Å²) in [6.45, 7) is 2.13. The molecule has 0 bridgehead atoms. The number of nitrogens with one attached hydrogen (secondary N) is 1. The zero-order chi connectivity index (χ0) is 14.5. The minimum Gasteiger partial charge on any atom is -0.399 e. The van der Waals surface area contributed by atoms with E-state index in [1.54, 1.807) is 36.4 Å². The molecule has 4 N–H and O–H groups in total. The van der Waals surface area contributed by atoms with Crippen molar-refractivity contribution in [2.45, 2.75) is 13.0 Å². The highest BCUT2D eigenvalue weighted by atomic mass is 16.3. The molecular weight excluding hydrogens is 252 g/mol. The molecule has 0 radical (unpaired) electrons. The van der Waals surface area contributed by atoms with Gasteiger partial charge in [-0.3, -0.25) is 4.79 Å². The van der Waals surface area contributed by atoms with Gasteiger partial charge < -0.3 is 16.2 Å². The lowest BCUT2D eigenvalue weighted by molar-refractivity contribution is 0.0916. The molecule has 0 spiro atoms. The Hall–Kier alpha value is -2.33. The van der Waals surface area contributed by atoms with Gasteiger partial charge in [0.05, 0.1) is 6.10 Å². The van der Waals surface area contributed by atoms with Crippen molar-refractivity contribution in [3.63, 3.8) is 0 Å². The van der Waals surface area contributed by atoms with Gasteiger partial charge in [0.25, 0.3) is 5.91 Å². The van der Waals surface area contributed by atoms with Crippen LogP contribution in [0.5, 0.6) is 0 Å². The van der Waals surface area contributed by atoms with Gasteiger partial charge >= 0.3 is 0 Å². The van der Waals surface area contributed by atoms with Crippen molar-refractivity contribution >= 4 is 11.6 Å². The lowest BCUT2D eigenvalue weighted by Gasteiger charge is -2.12. The van der Waals surface area contributed by atoms with E-state index in [1.165, 1.54) is 0 Å². The molecule has 0 fully saturated rings. The van der Waals surface area contributed by atoms with Gasteiger partial charge in [0, 0.05) is 17.8 Å². The molecule has 2 aromatic rings. The fourth-order valence-electron chi connectivity index (χ4n) is 1.83. The number of carbonyl (C=O) groups is 1. The Morgan fingerprint density at radius 2 is 1.75 bits per heavy atom. The van der Waals surface area contributed by atoms with E-state index in [-0.39, 0.29) is 12.5 Å². The number of rotatable bonds is 4. The van der Waals surface area contributed by atoms with E-state index in [4.69, 9.17) is 5.73 Å². The zero-order valence-electron chi connectivity index (χ0n) is 11.3. The Morgan fingerprint density at radius 1 is 1.15 bits per heavy atom. The van der Waals surface area contributed by atoms with Crippen molar-refractivity contribution in [3.05, 3.63) is 65.2 Å². The molecule has 0 aliphatic heterocycles. The molecule has 1 unspecified atom stereocenters. The Bertz CT molecular complexity index is 576.